The molecule has 0 amide bonds. The molecule has 1 fully saturated rings. The van der Waals surface area contributed by atoms with Crippen LogP contribution in [0.15, 0.2) is 18.7 Å². The third kappa shape index (κ3) is 3.27. The molecule has 1 saturated carbocycles. The molecule has 1 aliphatic carbocycles. The van der Waals surface area contributed by atoms with E-state index in [4.69, 9.17) is 0 Å². The van der Waals surface area contributed by atoms with Gasteiger partial charge in [0.15, 0.2) is 0 Å². The molecule has 0 saturated heterocycles. The Balaban J connectivity index is 1.71. The number of hydrogen-bond acceptors (Lipinski definition) is 3. The molecule has 1 aliphatic rings. The van der Waals surface area contributed by atoms with Crippen LogP contribution in [0.2, 0.25) is 0 Å². The molecule has 3 nitrogen and oxygen atoms in total. The Kier molecular flexibility index (Phi) is 4.28. The molecule has 88 valence electrons. The normalized spacial score (nSPS) is 25.6. The summed E-state index contributed by atoms with van der Waals surface area (Å²) in [6.07, 6.45) is 11.0. The van der Waals surface area contributed by atoms with Crippen molar-refractivity contribution in [3.63, 3.8) is 0 Å². The van der Waals surface area contributed by atoms with Gasteiger partial charge in [-0.2, -0.15) is 0 Å². The van der Waals surface area contributed by atoms with Crippen LogP contribution in [-0.4, -0.2) is 16.5 Å². The summed E-state index contributed by atoms with van der Waals surface area (Å²) in [4.78, 5) is 8.03. The van der Waals surface area contributed by atoms with Crippen LogP contribution in [0, 0.1) is 11.8 Å². The van der Waals surface area contributed by atoms with Crippen molar-refractivity contribution in [3.05, 3.63) is 24.3 Å². The Morgan fingerprint density at radius 3 is 2.75 bits per heavy atom. The minimum atomic E-state index is 0.860. The lowest BCUT2D eigenvalue weighted by Crippen LogP contribution is -2.29. The van der Waals surface area contributed by atoms with Crippen molar-refractivity contribution in [1.82, 2.24) is 15.3 Å². The lowest BCUT2D eigenvalue weighted by Gasteiger charge is -2.28. The molecule has 3 heteroatoms. The Hall–Kier alpha value is -0.960. The average Bonchev–Trinajstić information content (AvgIpc) is 2.33. The van der Waals surface area contributed by atoms with E-state index in [-0.39, 0.29) is 0 Å². The van der Waals surface area contributed by atoms with Gasteiger partial charge in [0.25, 0.3) is 0 Å². The molecule has 2 unspecified atom stereocenters. The summed E-state index contributed by atoms with van der Waals surface area (Å²) in [5.41, 5.74) is 1.17. The van der Waals surface area contributed by atoms with Gasteiger partial charge in [0.05, 0.1) is 0 Å². The lowest BCUT2D eigenvalue weighted by atomic mass is 9.80. The number of nitrogens with one attached hydrogen (secondary N) is 1. The summed E-state index contributed by atoms with van der Waals surface area (Å²) < 4.78 is 0. The van der Waals surface area contributed by atoms with Gasteiger partial charge in [0.1, 0.15) is 6.33 Å². The van der Waals surface area contributed by atoms with E-state index in [1.807, 2.05) is 12.4 Å². The third-order valence-electron chi connectivity index (χ3n) is 3.64. The molecular formula is C13H21N3. The molecule has 0 spiro atoms. The predicted octanol–water partition coefficient (Wildman–Crippen LogP) is 2.39. The molecular weight excluding hydrogens is 198 g/mol. The van der Waals surface area contributed by atoms with E-state index in [9.17, 15) is 0 Å². The summed E-state index contributed by atoms with van der Waals surface area (Å²) in [5, 5.41) is 3.52. The maximum absolute atomic E-state index is 4.01. The standard InChI is InChI=1S/C13H21N3/c1-11-4-2-3-5-13(11)9-14-6-12-7-15-10-16-8-12/h7-8,10-11,13-14H,2-6,9H2,1H3. The third-order valence-corrected chi connectivity index (χ3v) is 3.64. The smallest absolute Gasteiger partial charge is 0.115 e. The Morgan fingerprint density at radius 2 is 2.00 bits per heavy atom. The highest BCUT2D eigenvalue weighted by Crippen LogP contribution is 2.28. The SMILES string of the molecule is CC1CCCCC1CNCc1cncnc1. The summed E-state index contributed by atoms with van der Waals surface area (Å²) in [5.74, 6) is 1.74. The fraction of sp³-hybridized carbons (Fsp3) is 0.692. The molecule has 0 aliphatic heterocycles. The topological polar surface area (TPSA) is 37.8 Å². The first-order chi connectivity index (χ1) is 7.86. The van der Waals surface area contributed by atoms with Crippen LogP contribution in [0.25, 0.3) is 0 Å². The molecule has 0 radical (unpaired) electrons. The highest BCUT2D eigenvalue weighted by atomic mass is 14.9. The van der Waals surface area contributed by atoms with Gasteiger partial charge >= 0.3 is 0 Å². The Labute approximate surface area is 97.7 Å². The van der Waals surface area contributed by atoms with Crippen molar-refractivity contribution in [2.75, 3.05) is 6.54 Å². The van der Waals surface area contributed by atoms with E-state index in [0.29, 0.717) is 0 Å². The van der Waals surface area contributed by atoms with Crippen molar-refractivity contribution < 1.29 is 0 Å². The monoisotopic (exact) mass is 219 g/mol. The number of rotatable bonds is 4. The van der Waals surface area contributed by atoms with E-state index in [0.717, 1.165) is 24.9 Å². The highest BCUT2D eigenvalue weighted by molar-refractivity contribution is 5.01. The molecule has 1 N–H and O–H groups in total. The predicted molar refractivity (Wildman–Crippen MR) is 64.9 cm³/mol. The van der Waals surface area contributed by atoms with Crippen LogP contribution in [0.3, 0.4) is 0 Å². The molecule has 1 aromatic rings. The van der Waals surface area contributed by atoms with Crippen LogP contribution in [0.5, 0.6) is 0 Å². The van der Waals surface area contributed by atoms with Crippen molar-refractivity contribution in [1.29, 1.82) is 0 Å². The van der Waals surface area contributed by atoms with E-state index < -0.39 is 0 Å². The maximum atomic E-state index is 4.01. The molecule has 1 aromatic heterocycles. The first-order valence-electron chi connectivity index (χ1n) is 6.31. The van der Waals surface area contributed by atoms with Gasteiger partial charge in [-0.3, -0.25) is 0 Å². The fourth-order valence-electron chi connectivity index (χ4n) is 2.52. The Morgan fingerprint density at radius 1 is 1.25 bits per heavy atom. The van der Waals surface area contributed by atoms with Crippen molar-refractivity contribution in [2.24, 2.45) is 11.8 Å². The van der Waals surface area contributed by atoms with Gasteiger partial charge in [-0.1, -0.05) is 26.2 Å². The van der Waals surface area contributed by atoms with Gasteiger partial charge in [-0.25, -0.2) is 9.97 Å². The molecule has 1 heterocycles. The van der Waals surface area contributed by atoms with E-state index in [1.165, 1.54) is 31.2 Å². The van der Waals surface area contributed by atoms with Crippen LogP contribution < -0.4 is 5.32 Å². The lowest BCUT2D eigenvalue weighted by molar-refractivity contribution is 0.247. The van der Waals surface area contributed by atoms with E-state index >= 15 is 0 Å². The van der Waals surface area contributed by atoms with Gasteiger partial charge in [-0.05, 0) is 24.8 Å². The summed E-state index contributed by atoms with van der Waals surface area (Å²) >= 11 is 0. The largest absolute Gasteiger partial charge is 0.312 e. The fourth-order valence-corrected chi connectivity index (χ4v) is 2.52. The zero-order valence-electron chi connectivity index (χ0n) is 10.0. The Bertz CT molecular complexity index is 299. The maximum Gasteiger partial charge on any atom is 0.115 e. The van der Waals surface area contributed by atoms with E-state index in [2.05, 4.69) is 22.2 Å². The van der Waals surface area contributed by atoms with Crippen molar-refractivity contribution >= 4 is 0 Å². The second kappa shape index (κ2) is 5.94. The molecule has 0 bridgehead atoms. The quantitative estimate of drug-likeness (QED) is 0.845. The first-order valence-corrected chi connectivity index (χ1v) is 6.31. The van der Waals surface area contributed by atoms with E-state index in [1.54, 1.807) is 6.33 Å². The van der Waals surface area contributed by atoms with Crippen LogP contribution in [-0.2, 0) is 6.54 Å². The first kappa shape index (κ1) is 11.5. The van der Waals surface area contributed by atoms with Crippen molar-refractivity contribution in [2.45, 2.75) is 39.2 Å². The molecule has 0 aromatic carbocycles. The van der Waals surface area contributed by atoms with Crippen LogP contribution in [0.1, 0.15) is 38.2 Å². The van der Waals surface area contributed by atoms with Crippen molar-refractivity contribution in [3.8, 4) is 0 Å². The van der Waals surface area contributed by atoms with Gasteiger partial charge in [-0.15, -0.1) is 0 Å². The van der Waals surface area contributed by atoms with Crippen LogP contribution in [0.4, 0.5) is 0 Å². The second-order valence-electron chi connectivity index (χ2n) is 4.90. The number of hydrogen-bond donors (Lipinski definition) is 1. The number of aromatic nitrogens is 2. The van der Waals surface area contributed by atoms with Crippen LogP contribution >= 0.6 is 0 Å². The molecule has 16 heavy (non-hydrogen) atoms. The highest BCUT2D eigenvalue weighted by Gasteiger charge is 2.20. The van der Waals surface area contributed by atoms with Gasteiger partial charge in [0, 0.05) is 24.5 Å². The summed E-state index contributed by atoms with van der Waals surface area (Å²) in [6.45, 7) is 4.41. The summed E-state index contributed by atoms with van der Waals surface area (Å²) in [7, 11) is 0. The molecule has 2 rings (SSSR count). The average molecular weight is 219 g/mol. The molecule has 2 atom stereocenters. The second-order valence-corrected chi connectivity index (χ2v) is 4.90. The van der Waals surface area contributed by atoms with Gasteiger partial charge in [0.2, 0.25) is 0 Å². The zero-order valence-corrected chi connectivity index (χ0v) is 10.0. The number of nitrogens with zero attached hydrogens (tertiary/aromatic N) is 2. The summed E-state index contributed by atoms with van der Waals surface area (Å²) in [6, 6.07) is 0. The minimum Gasteiger partial charge on any atom is -0.312 e. The van der Waals surface area contributed by atoms with Gasteiger partial charge < -0.3 is 5.32 Å². The minimum absolute atomic E-state index is 0.860. The zero-order chi connectivity index (χ0) is 11.2.